The first-order valence-corrected chi connectivity index (χ1v) is 10.8. The molecule has 158 valence electrons. The molecule has 4 amide bonds. The van der Waals surface area contributed by atoms with Gasteiger partial charge in [-0.05, 0) is 56.2 Å². The minimum absolute atomic E-state index is 0.119. The summed E-state index contributed by atoms with van der Waals surface area (Å²) in [6, 6.07) is 4.33. The van der Waals surface area contributed by atoms with E-state index in [1.807, 2.05) is 6.07 Å². The first kappa shape index (κ1) is 19.4. The first-order chi connectivity index (χ1) is 14.5. The molecule has 1 aliphatic carbocycles. The Bertz CT molecular complexity index is 921. The Hall–Kier alpha value is -2.58. The largest absolute Gasteiger partial charge is 0.311 e. The number of imide groups is 2. The van der Waals surface area contributed by atoms with Crippen LogP contribution in [0.15, 0.2) is 18.2 Å². The topological polar surface area (TPSA) is 108 Å². The van der Waals surface area contributed by atoms with Crippen LogP contribution in [0, 0.1) is 5.92 Å². The van der Waals surface area contributed by atoms with Crippen LogP contribution in [0.3, 0.4) is 0 Å². The highest BCUT2D eigenvalue weighted by Gasteiger charge is 2.45. The molecule has 1 aromatic carbocycles. The van der Waals surface area contributed by atoms with Gasteiger partial charge in [0.15, 0.2) is 0 Å². The molecule has 8 heteroatoms. The quantitative estimate of drug-likeness (QED) is 0.617. The molecule has 2 bridgehead atoms. The molecule has 1 unspecified atom stereocenters. The first-order valence-electron chi connectivity index (χ1n) is 10.8. The Labute approximate surface area is 174 Å². The number of benzene rings is 1. The summed E-state index contributed by atoms with van der Waals surface area (Å²) in [5.74, 6) is -1.05. The van der Waals surface area contributed by atoms with Crippen molar-refractivity contribution in [2.75, 3.05) is 13.1 Å². The predicted octanol–water partition coefficient (Wildman–Crippen LogP) is 0.710. The van der Waals surface area contributed by atoms with Crippen molar-refractivity contribution in [2.45, 2.75) is 56.7 Å². The summed E-state index contributed by atoms with van der Waals surface area (Å²) in [7, 11) is 0. The second kappa shape index (κ2) is 7.28. The van der Waals surface area contributed by atoms with Crippen LogP contribution in [-0.4, -0.2) is 53.2 Å². The van der Waals surface area contributed by atoms with E-state index in [0.29, 0.717) is 17.7 Å². The number of amides is 4. The van der Waals surface area contributed by atoms with Crippen molar-refractivity contribution in [2.24, 2.45) is 5.92 Å². The minimum Gasteiger partial charge on any atom is -0.311 e. The van der Waals surface area contributed by atoms with E-state index >= 15 is 0 Å². The fraction of sp³-hybridized carbons (Fsp3) is 0.545. The molecule has 5 aliphatic rings. The second-order valence-corrected chi connectivity index (χ2v) is 9.00. The summed E-state index contributed by atoms with van der Waals surface area (Å²) in [4.78, 5) is 50.8. The van der Waals surface area contributed by atoms with Crippen molar-refractivity contribution in [3.8, 4) is 0 Å². The van der Waals surface area contributed by atoms with Crippen LogP contribution in [0.4, 0.5) is 0 Å². The molecule has 6 rings (SSSR count). The van der Waals surface area contributed by atoms with E-state index in [1.165, 1.54) is 12.8 Å². The highest BCUT2D eigenvalue weighted by atomic mass is 16.2. The zero-order valence-electron chi connectivity index (χ0n) is 16.8. The molecule has 4 aliphatic heterocycles. The van der Waals surface area contributed by atoms with Crippen LogP contribution < -0.4 is 16.0 Å². The lowest BCUT2D eigenvalue weighted by Crippen LogP contribution is -2.60. The average molecular weight is 410 g/mol. The van der Waals surface area contributed by atoms with Gasteiger partial charge in [0.1, 0.15) is 6.04 Å². The Balaban J connectivity index is 1.32. The lowest BCUT2D eigenvalue weighted by Gasteiger charge is -2.47. The number of hydrogen-bond donors (Lipinski definition) is 3. The number of rotatable bonds is 5. The number of carbonyl (C=O) groups excluding carboxylic acids is 4. The summed E-state index contributed by atoms with van der Waals surface area (Å²) in [6.45, 7) is 2.39. The molecule has 1 atom stereocenters. The van der Waals surface area contributed by atoms with Crippen LogP contribution in [-0.2, 0) is 16.1 Å². The zero-order valence-corrected chi connectivity index (χ0v) is 16.8. The maximum absolute atomic E-state index is 13.1. The van der Waals surface area contributed by atoms with Crippen molar-refractivity contribution in [3.63, 3.8) is 0 Å². The van der Waals surface area contributed by atoms with Crippen molar-refractivity contribution < 1.29 is 19.2 Å². The molecular weight excluding hydrogens is 384 g/mol. The molecular formula is C22H26N4O4. The van der Waals surface area contributed by atoms with Crippen molar-refractivity contribution in [1.82, 2.24) is 20.9 Å². The SMILES string of the molecule is O=C1CCC(N2C(=O)c3cccc(CNCC45CCC(CC4)CN5)c3C2=O)C(=O)N1. The maximum atomic E-state index is 13.1. The maximum Gasteiger partial charge on any atom is 0.262 e. The number of piperidine rings is 3. The third kappa shape index (κ3) is 3.15. The van der Waals surface area contributed by atoms with Gasteiger partial charge in [0.25, 0.3) is 11.8 Å². The summed E-state index contributed by atoms with van der Waals surface area (Å²) in [5, 5.41) is 9.41. The van der Waals surface area contributed by atoms with Gasteiger partial charge in [-0.15, -0.1) is 0 Å². The lowest BCUT2D eigenvalue weighted by molar-refractivity contribution is -0.136. The van der Waals surface area contributed by atoms with E-state index in [9.17, 15) is 19.2 Å². The predicted molar refractivity (Wildman–Crippen MR) is 108 cm³/mol. The van der Waals surface area contributed by atoms with Crippen LogP contribution in [0.2, 0.25) is 0 Å². The van der Waals surface area contributed by atoms with Crippen LogP contribution in [0.1, 0.15) is 64.8 Å². The van der Waals surface area contributed by atoms with Gasteiger partial charge < -0.3 is 10.6 Å². The van der Waals surface area contributed by atoms with Gasteiger partial charge >= 0.3 is 0 Å². The Morgan fingerprint density at radius 1 is 1.07 bits per heavy atom. The third-order valence-corrected chi connectivity index (χ3v) is 7.16. The normalized spacial score (nSPS) is 30.6. The third-order valence-electron chi connectivity index (χ3n) is 7.16. The van der Waals surface area contributed by atoms with E-state index in [4.69, 9.17) is 0 Å². The number of nitrogens with zero attached hydrogens (tertiary/aromatic N) is 1. The van der Waals surface area contributed by atoms with Gasteiger partial charge in [-0.2, -0.15) is 0 Å². The average Bonchev–Trinajstić information content (AvgIpc) is 3.01. The molecule has 0 spiro atoms. The second-order valence-electron chi connectivity index (χ2n) is 9.00. The standard InChI is InChI=1S/C22H26N4O4/c27-17-5-4-16(19(28)25-17)26-20(29)15-3-1-2-14(18(15)21(26)30)11-23-12-22-8-6-13(7-9-22)10-24-22/h1-3,13,16,23-24H,4-12H2,(H,25,27,28). The molecule has 3 N–H and O–H groups in total. The van der Waals surface area contributed by atoms with Crippen LogP contribution >= 0.6 is 0 Å². The number of fused-ring (bicyclic) bond motifs is 4. The zero-order chi connectivity index (χ0) is 20.9. The van der Waals surface area contributed by atoms with Gasteiger partial charge in [0.2, 0.25) is 11.8 Å². The summed E-state index contributed by atoms with van der Waals surface area (Å²) in [6.07, 6.45) is 5.15. The fourth-order valence-corrected chi connectivity index (χ4v) is 5.38. The molecule has 4 heterocycles. The van der Waals surface area contributed by atoms with E-state index in [-0.39, 0.29) is 24.3 Å². The molecule has 0 aromatic heterocycles. The van der Waals surface area contributed by atoms with E-state index in [0.717, 1.165) is 42.3 Å². The molecule has 8 nitrogen and oxygen atoms in total. The van der Waals surface area contributed by atoms with Gasteiger partial charge in [0, 0.05) is 25.0 Å². The lowest BCUT2D eigenvalue weighted by atomic mass is 9.72. The van der Waals surface area contributed by atoms with Crippen LogP contribution in [0.25, 0.3) is 0 Å². The number of carbonyl (C=O) groups is 4. The van der Waals surface area contributed by atoms with Crippen molar-refractivity contribution in [3.05, 3.63) is 34.9 Å². The van der Waals surface area contributed by atoms with Gasteiger partial charge in [-0.1, -0.05) is 12.1 Å². The van der Waals surface area contributed by atoms with Crippen molar-refractivity contribution in [1.29, 1.82) is 0 Å². The van der Waals surface area contributed by atoms with Gasteiger partial charge in [0.05, 0.1) is 11.1 Å². The number of hydrogen-bond acceptors (Lipinski definition) is 6. The van der Waals surface area contributed by atoms with Gasteiger partial charge in [-0.25, -0.2) is 0 Å². The molecule has 0 radical (unpaired) electrons. The molecule has 1 aromatic rings. The fourth-order valence-electron chi connectivity index (χ4n) is 5.38. The summed E-state index contributed by atoms with van der Waals surface area (Å²) < 4.78 is 0. The van der Waals surface area contributed by atoms with E-state index < -0.39 is 23.8 Å². The van der Waals surface area contributed by atoms with E-state index in [1.54, 1.807) is 12.1 Å². The highest BCUT2D eigenvalue weighted by Crippen LogP contribution is 2.36. The Morgan fingerprint density at radius 2 is 1.87 bits per heavy atom. The van der Waals surface area contributed by atoms with Crippen LogP contribution in [0.5, 0.6) is 0 Å². The number of nitrogens with one attached hydrogen (secondary N) is 3. The summed E-state index contributed by atoms with van der Waals surface area (Å²) >= 11 is 0. The van der Waals surface area contributed by atoms with E-state index in [2.05, 4.69) is 16.0 Å². The molecule has 30 heavy (non-hydrogen) atoms. The highest BCUT2D eigenvalue weighted by molar-refractivity contribution is 6.24. The summed E-state index contributed by atoms with van der Waals surface area (Å²) in [5.41, 5.74) is 1.60. The Morgan fingerprint density at radius 3 is 2.57 bits per heavy atom. The van der Waals surface area contributed by atoms with Crippen molar-refractivity contribution >= 4 is 23.6 Å². The minimum atomic E-state index is -0.934. The smallest absolute Gasteiger partial charge is 0.262 e. The molecule has 1 saturated carbocycles. The molecule has 4 fully saturated rings. The monoisotopic (exact) mass is 410 g/mol. The molecule has 3 saturated heterocycles. The van der Waals surface area contributed by atoms with Gasteiger partial charge in [-0.3, -0.25) is 29.4 Å². The Kier molecular flexibility index (Phi) is 4.71.